The van der Waals surface area contributed by atoms with Crippen molar-refractivity contribution in [3.05, 3.63) is 71.8 Å². The number of benzene rings is 4. The van der Waals surface area contributed by atoms with Crippen molar-refractivity contribution in [2.24, 2.45) is 20.5 Å². The summed E-state index contributed by atoms with van der Waals surface area (Å²) < 4.78 is 68.7. The van der Waals surface area contributed by atoms with E-state index in [9.17, 15) is 36.2 Å². The van der Waals surface area contributed by atoms with Gasteiger partial charge in [0.25, 0.3) is 20.2 Å². The average Bonchev–Trinajstić information content (AvgIpc) is 3.90. The number of aromatic nitrogens is 5. The molecule has 7 aromatic rings. The van der Waals surface area contributed by atoms with Gasteiger partial charge in [0.05, 0.1) is 54.8 Å². The van der Waals surface area contributed by atoms with Crippen LogP contribution >= 0.6 is 22.7 Å². The van der Waals surface area contributed by atoms with Gasteiger partial charge in [-0.1, -0.05) is 22.7 Å². The summed E-state index contributed by atoms with van der Waals surface area (Å²) in [7, 11) is -8.95. The average molecular weight is 1020 g/mol. The molecule has 0 spiro atoms. The maximum absolute atomic E-state index is 12.0. The number of aliphatic hydroxyl groups is 2. The van der Waals surface area contributed by atoms with Gasteiger partial charge in [0.15, 0.2) is 0 Å². The van der Waals surface area contributed by atoms with Crippen molar-refractivity contribution in [3.63, 3.8) is 0 Å². The fourth-order valence-corrected chi connectivity index (χ4v) is 10.5. The maximum Gasteiger partial charge on any atom is 0.294 e. The fourth-order valence-electron chi connectivity index (χ4n) is 7.33. The van der Waals surface area contributed by atoms with E-state index in [1.54, 1.807) is 43.0 Å². The first kappa shape index (κ1) is 50.5. The smallest absolute Gasteiger partial charge is 0.294 e. The normalized spacial score (nSPS) is 12.2. The summed E-state index contributed by atoms with van der Waals surface area (Å²) in [6, 6.07) is 16.9. The van der Waals surface area contributed by atoms with E-state index in [0.717, 1.165) is 11.4 Å². The number of nitrogens with zero attached hydrogens (tertiary/aromatic N) is 12. The Morgan fingerprint density at radius 3 is 1.32 bits per heavy atom. The van der Waals surface area contributed by atoms with Crippen molar-refractivity contribution in [1.82, 2.24) is 24.9 Å². The summed E-state index contributed by atoms with van der Waals surface area (Å²) in [5, 5.41) is 45.0. The predicted molar refractivity (Wildman–Crippen MR) is 269 cm³/mol. The molecule has 0 aliphatic carbocycles. The zero-order valence-electron chi connectivity index (χ0n) is 38.4. The van der Waals surface area contributed by atoms with Crippen LogP contribution in [0.15, 0.2) is 90.9 Å². The number of anilines is 7. The van der Waals surface area contributed by atoms with Crippen LogP contribution in [0.1, 0.15) is 38.8 Å². The highest BCUT2D eigenvalue weighted by Crippen LogP contribution is 2.39. The van der Waals surface area contributed by atoms with Gasteiger partial charge in [-0.3, -0.25) is 9.11 Å². The van der Waals surface area contributed by atoms with E-state index in [0.29, 0.717) is 80.5 Å². The zero-order valence-corrected chi connectivity index (χ0v) is 41.6. The molecule has 0 fully saturated rings. The molecule has 26 heteroatoms. The largest absolute Gasteiger partial charge is 0.395 e. The van der Waals surface area contributed by atoms with Crippen molar-refractivity contribution in [2.75, 3.05) is 77.8 Å². The van der Waals surface area contributed by atoms with Crippen molar-refractivity contribution in [2.45, 2.75) is 51.3 Å². The van der Waals surface area contributed by atoms with Gasteiger partial charge in [-0.2, -0.15) is 31.8 Å². The molecule has 3 heterocycles. The lowest BCUT2D eigenvalue weighted by Gasteiger charge is -2.24. The van der Waals surface area contributed by atoms with Crippen molar-refractivity contribution >= 4 is 126 Å². The van der Waals surface area contributed by atoms with Crippen LogP contribution in [0.2, 0.25) is 0 Å². The Morgan fingerprint density at radius 1 is 0.551 bits per heavy atom. The van der Waals surface area contributed by atoms with Gasteiger partial charge in [0.1, 0.15) is 11.4 Å². The van der Waals surface area contributed by atoms with Gasteiger partial charge in [-0.25, -0.2) is 9.97 Å². The number of hydrogen-bond donors (Lipinski definition) is 6. The summed E-state index contributed by atoms with van der Waals surface area (Å²) >= 11 is 2.38. The zero-order chi connectivity index (χ0) is 49.6. The van der Waals surface area contributed by atoms with Crippen LogP contribution in [0, 0.1) is 13.8 Å². The second kappa shape index (κ2) is 21.5. The number of rotatable bonds is 21. The molecule has 0 saturated carbocycles. The van der Waals surface area contributed by atoms with E-state index in [4.69, 9.17) is 15.0 Å². The van der Waals surface area contributed by atoms with Gasteiger partial charge in [-0.15, -0.1) is 20.5 Å². The first-order valence-corrected chi connectivity index (χ1v) is 26.1. The molecule has 69 heavy (non-hydrogen) atoms. The van der Waals surface area contributed by atoms with Crippen molar-refractivity contribution in [3.8, 4) is 0 Å². The van der Waals surface area contributed by atoms with Crippen LogP contribution in [0.3, 0.4) is 0 Å². The second-order valence-electron chi connectivity index (χ2n) is 15.2. The molecular formula is C43H50N14O8S4. The molecule has 0 radical (unpaired) electrons. The van der Waals surface area contributed by atoms with E-state index in [-0.39, 0.29) is 64.2 Å². The first-order valence-electron chi connectivity index (χ1n) is 21.6. The Kier molecular flexibility index (Phi) is 15.7. The molecule has 4 aromatic carbocycles. The molecule has 0 amide bonds. The lowest BCUT2D eigenvalue weighted by molar-refractivity contribution is 0.280. The van der Waals surface area contributed by atoms with Crippen LogP contribution in [0.5, 0.6) is 0 Å². The number of thiazole rings is 2. The Balaban J connectivity index is 1.30. The van der Waals surface area contributed by atoms with E-state index < -0.39 is 20.2 Å². The molecule has 22 nitrogen and oxygen atoms in total. The monoisotopic (exact) mass is 1020 g/mol. The number of hydrogen-bond acceptors (Lipinski definition) is 22. The highest BCUT2D eigenvalue weighted by molar-refractivity contribution is 7.86. The van der Waals surface area contributed by atoms with Gasteiger partial charge in [-0.05, 0) is 113 Å². The molecule has 0 aliphatic rings. The molecule has 0 atom stereocenters. The Hall–Kier alpha value is -6.39. The SMILES string of the molecule is CCN(CC)c1ccc(/N=N/c2nc3cc(S(=O)(=O)O)c(C)cc3s2)c(Nc2nc(Nc3cc(N(CC)CC)ccc3/N=N/c3nc4cc(S(=O)(=O)O)c(C)cc4s3)nc(N(CCO)CCO)n2)c1. The summed E-state index contributed by atoms with van der Waals surface area (Å²) in [6.07, 6.45) is 0. The van der Waals surface area contributed by atoms with E-state index in [1.807, 2.05) is 52.0 Å². The molecule has 0 bridgehead atoms. The summed E-state index contributed by atoms with van der Waals surface area (Å²) in [5.41, 5.74) is 4.70. The van der Waals surface area contributed by atoms with Crippen LogP contribution in [0.4, 0.5) is 62.2 Å². The molecule has 6 N–H and O–H groups in total. The molecule has 364 valence electrons. The number of aryl methyl sites for hydroxylation is 2. The summed E-state index contributed by atoms with van der Waals surface area (Å²) in [5.74, 6) is 0.232. The van der Waals surface area contributed by atoms with E-state index >= 15 is 0 Å². The third-order valence-corrected chi connectivity index (χ3v) is 14.5. The van der Waals surface area contributed by atoms with Gasteiger partial charge in [0.2, 0.25) is 28.1 Å². The Labute approximate surface area is 406 Å². The van der Waals surface area contributed by atoms with E-state index in [2.05, 4.69) is 50.9 Å². The van der Waals surface area contributed by atoms with Gasteiger partial charge in [0, 0.05) is 50.6 Å². The third kappa shape index (κ3) is 11.9. The Morgan fingerprint density at radius 2 is 0.957 bits per heavy atom. The van der Waals surface area contributed by atoms with Crippen LogP contribution in [-0.2, 0) is 20.2 Å². The standard InChI is InChI=1S/C43H50N14O8S4/c1-7-55(8-2)27-11-13-29(51-53-42-46-33-23-37(68(60,61)62)25(5)19-35(33)66-42)31(21-27)44-39-48-40(50-41(49-39)57(15-17-58)16-18-59)45-32-22-28(56(9-3)10-4)12-14-30(32)52-54-43-47-34-24-38(69(63,64)65)26(6)20-36(34)67-43/h11-14,19-24,58-59H,7-10,15-18H2,1-6H3,(H,60,61,62)(H,63,64,65)(H2,44,45,48,49,50)/b53-51+,54-52+. The predicted octanol–water partition coefficient (Wildman–Crippen LogP) is 9.00. The lowest BCUT2D eigenvalue weighted by atomic mass is 10.2. The topological polar surface area (TPSA) is 297 Å². The number of aliphatic hydroxyl groups excluding tert-OH is 2. The van der Waals surface area contributed by atoms with Crippen LogP contribution in [0.25, 0.3) is 20.4 Å². The van der Waals surface area contributed by atoms with Gasteiger partial charge >= 0.3 is 0 Å². The molecule has 0 unspecified atom stereocenters. The van der Waals surface area contributed by atoms with Gasteiger partial charge < -0.3 is 35.5 Å². The first-order chi connectivity index (χ1) is 32.9. The third-order valence-electron chi connectivity index (χ3n) is 10.7. The van der Waals surface area contributed by atoms with Crippen molar-refractivity contribution < 1.29 is 36.2 Å². The molecule has 0 saturated heterocycles. The minimum absolute atomic E-state index is 0.0573. The second-order valence-corrected chi connectivity index (χ2v) is 20.0. The molecular weight excluding hydrogens is 969 g/mol. The lowest BCUT2D eigenvalue weighted by Crippen LogP contribution is -2.31. The minimum Gasteiger partial charge on any atom is -0.395 e. The summed E-state index contributed by atoms with van der Waals surface area (Å²) in [6.45, 7) is 13.7. The van der Waals surface area contributed by atoms with Crippen LogP contribution in [-0.4, -0.2) is 114 Å². The number of nitrogens with one attached hydrogen (secondary N) is 2. The van der Waals surface area contributed by atoms with Crippen molar-refractivity contribution in [1.29, 1.82) is 0 Å². The molecule has 0 aliphatic heterocycles. The highest BCUT2D eigenvalue weighted by atomic mass is 32.2. The number of fused-ring (bicyclic) bond motifs is 2. The molecule has 3 aromatic heterocycles. The van der Waals surface area contributed by atoms with Crippen LogP contribution < -0.4 is 25.3 Å². The quantitative estimate of drug-likeness (QED) is 0.0289. The molecule has 7 rings (SSSR count). The Bertz CT molecular complexity index is 3070. The minimum atomic E-state index is -4.48. The maximum atomic E-state index is 12.0. The van der Waals surface area contributed by atoms with E-state index in [1.165, 1.54) is 34.8 Å². The summed E-state index contributed by atoms with van der Waals surface area (Å²) in [4.78, 5) is 28.5. The number of azo groups is 2. The highest BCUT2D eigenvalue weighted by Gasteiger charge is 2.21. The fraction of sp³-hybridized carbons (Fsp3) is 0.326.